The minimum absolute atomic E-state index is 0.145. The lowest BCUT2D eigenvalue weighted by Gasteiger charge is -2.29. The lowest BCUT2D eigenvalue weighted by atomic mass is 9.74. The first kappa shape index (κ1) is 21.0. The third-order valence-electron chi connectivity index (χ3n) is 4.73. The number of rotatable bonds is 4. The van der Waals surface area contributed by atoms with E-state index in [4.69, 9.17) is 4.74 Å². The van der Waals surface area contributed by atoms with Gasteiger partial charge >= 0.3 is 0 Å². The molecule has 0 aromatic rings. The molecule has 148 valence electrons. The third kappa shape index (κ3) is 4.91. The van der Waals surface area contributed by atoms with E-state index in [1.165, 1.54) is 0 Å². The predicted octanol–water partition coefficient (Wildman–Crippen LogP) is 2.54. The van der Waals surface area contributed by atoms with Gasteiger partial charge in [-0.05, 0) is 10.8 Å². The van der Waals surface area contributed by atoms with Crippen molar-refractivity contribution in [2.45, 2.75) is 53.4 Å². The van der Waals surface area contributed by atoms with E-state index in [0.29, 0.717) is 0 Å². The van der Waals surface area contributed by atoms with Gasteiger partial charge in [0.25, 0.3) is 0 Å². The van der Waals surface area contributed by atoms with Crippen LogP contribution < -0.4 is 0 Å². The summed E-state index contributed by atoms with van der Waals surface area (Å²) in [5, 5.41) is 20.1. The van der Waals surface area contributed by atoms with Crippen LogP contribution in [0.4, 0.5) is 0 Å². The van der Waals surface area contributed by atoms with Gasteiger partial charge in [-0.3, -0.25) is 19.2 Å². The summed E-state index contributed by atoms with van der Waals surface area (Å²) >= 11 is 0. The second-order valence-electron chi connectivity index (χ2n) is 8.86. The molecular formula is C20H26O7. The molecule has 0 radical (unpaired) electrons. The molecule has 0 aromatic carbocycles. The number of hydrogen-bond donors (Lipinski definition) is 2. The Morgan fingerprint density at radius 3 is 1.22 bits per heavy atom. The fraction of sp³-hybridized carbons (Fsp3) is 0.600. The molecule has 0 heterocycles. The lowest BCUT2D eigenvalue weighted by molar-refractivity contribution is -0.129. The molecule has 0 aromatic heterocycles. The number of aliphatic hydroxyl groups is 2. The van der Waals surface area contributed by atoms with Crippen molar-refractivity contribution < 1.29 is 34.1 Å². The minimum Gasteiger partial charge on any atom is -0.509 e. The summed E-state index contributed by atoms with van der Waals surface area (Å²) in [4.78, 5) is 48.4. The van der Waals surface area contributed by atoms with Crippen LogP contribution in [0.25, 0.3) is 0 Å². The molecule has 2 aliphatic rings. The molecule has 2 saturated carbocycles. The Morgan fingerprint density at radius 2 is 0.963 bits per heavy atom. The van der Waals surface area contributed by atoms with Gasteiger partial charge in [0.2, 0.25) is 0 Å². The fourth-order valence-corrected chi connectivity index (χ4v) is 3.56. The first-order valence-corrected chi connectivity index (χ1v) is 8.88. The van der Waals surface area contributed by atoms with Crippen molar-refractivity contribution in [3.8, 4) is 0 Å². The summed E-state index contributed by atoms with van der Waals surface area (Å²) in [6, 6.07) is 0. The largest absolute Gasteiger partial charge is 0.509 e. The first-order valence-electron chi connectivity index (χ1n) is 8.88. The molecular weight excluding hydrogens is 352 g/mol. The summed E-state index contributed by atoms with van der Waals surface area (Å²) < 4.78 is 5.14. The number of allylic oxidation sites excluding steroid dienone is 2. The van der Waals surface area contributed by atoms with Gasteiger partial charge in [-0.2, -0.15) is 0 Å². The molecule has 2 rings (SSSR count). The summed E-state index contributed by atoms with van der Waals surface area (Å²) in [6.07, 6.45) is 0.580. The van der Waals surface area contributed by atoms with Gasteiger partial charge in [0.1, 0.15) is 35.9 Å². The molecule has 7 heteroatoms. The highest BCUT2D eigenvalue weighted by Gasteiger charge is 2.38. The van der Waals surface area contributed by atoms with E-state index >= 15 is 0 Å². The van der Waals surface area contributed by atoms with Crippen LogP contribution in [0.3, 0.4) is 0 Å². The molecule has 2 fully saturated rings. The molecule has 0 unspecified atom stereocenters. The second-order valence-corrected chi connectivity index (χ2v) is 8.86. The Morgan fingerprint density at radius 1 is 0.704 bits per heavy atom. The zero-order valence-corrected chi connectivity index (χ0v) is 16.2. The Kier molecular flexibility index (Phi) is 5.75. The van der Waals surface area contributed by atoms with E-state index in [-0.39, 0.29) is 36.8 Å². The normalized spacial score (nSPS) is 22.2. The molecule has 0 amide bonds. The molecule has 0 saturated heterocycles. The van der Waals surface area contributed by atoms with Crippen molar-refractivity contribution >= 4 is 23.1 Å². The number of aliphatic hydroxyl groups excluding tert-OH is 2. The number of ketones is 4. The first-order chi connectivity index (χ1) is 12.3. The summed E-state index contributed by atoms with van der Waals surface area (Å²) in [6.45, 7) is 6.26. The van der Waals surface area contributed by atoms with Crippen LogP contribution in [0, 0.1) is 10.8 Å². The Balaban J connectivity index is 2.05. The van der Waals surface area contributed by atoms with Crippen LogP contribution in [-0.4, -0.2) is 46.6 Å². The van der Waals surface area contributed by atoms with E-state index < -0.39 is 58.7 Å². The van der Waals surface area contributed by atoms with Gasteiger partial charge in [-0.15, -0.1) is 0 Å². The maximum Gasteiger partial charge on any atom is 0.170 e. The molecule has 0 aliphatic heterocycles. The van der Waals surface area contributed by atoms with E-state index in [1.807, 2.05) is 0 Å². The quantitative estimate of drug-likeness (QED) is 0.438. The Labute approximate surface area is 158 Å². The standard InChI is InChI=1S/C20H26O7/c1-19(2)5-11(21)17(12(22)6-19)15(25)9-27-10-16(26)18-13(23)7-20(3,4)8-14(18)24/h25-26H,5-10H2,1-4H3. The summed E-state index contributed by atoms with van der Waals surface area (Å²) in [5.41, 5.74) is -1.44. The van der Waals surface area contributed by atoms with Crippen LogP contribution in [0.2, 0.25) is 0 Å². The van der Waals surface area contributed by atoms with Crippen molar-refractivity contribution in [3.63, 3.8) is 0 Å². The Bertz CT molecular complexity index is 657. The molecule has 27 heavy (non-hydrogen) atoms. The third-order valence-corrected chi connectivity index (χ3v) is 4.73. The smallest absolute Gasteiger partial charge is 0.170 e. The van der Waals surface area contributed by atoms with Crippen LogP contribution >= 0.6 is 0 Å². The predicted molar refractivity (Wildman–Crippen MR) is 96.2 cm³/mol. The molecule has 2 aliphatic carbocycles. The number of Topliss-reactive ketones (excluding diaryl/α,β-unsaturated/α-hetero) is 4. The van der Waals surface area contributed by atoms with Gasteiger partial charge in [0.05, 0.1) is 0 Å². The second kappa shape index (κ2) is 7.38. The average molecular weight is 378 g/mol. The molecule has 2 N–H and O–H groups in total. The zero-order valence-electron chi connectivity index (χ0n) is 16.2. The number of ether oxygens (including phenoxy) is 1. The van der Waals surface area contributed by atoms with Crippen molar-refractivity contribution in [2.75, 3.05) is 13.2 Å². The molecule has 0 atom stereocenters. The number of carbonyl (C=O) groups excluding carboxylic acids is 4. The van der Waals surface area contributed by atoms with Crippen LogP contribution in [0.5, 0.6) is 0 Å². The highest BCUT2D eigenvalue weighted by atomic mass is 16.5. The van der Waals surface area contributed by atoms with Gasteiger partial charge in [0.15, 0.2) is 23.1 Å². The van der Waals surface area contributed by atoms with Gasteiger partial charge in [-0.25, -0.2) is 0 Å². The fourth-order valence-electron chi connectivity index (χ4n) is 3.56. The summed E-state index contributed by atoms with van der Waals surface area (Å²) in [7, 11) is 0. The molecule has 7 nitrogen and oxygen atoms in total. The van der Waals surface area contributed by atoms with E-state index in [9.17, 15) is 29.4 Å². The van der Waals surface area contributed by atoms with Crippen molar-refractivity contribution in [3.05, 3.63) is 22.7 Å². The van der Waals surface area contributed by atoms with Crippen molar-refractivity contribution in [1.29, 1.82) is 0 Å². The number of carbonyl (C=O) groups is 4. The van der Waals surface area contributed by atoms with Crippen molar-refractivity contribution in [1.82, 2.24) is 0 Å². The van der Waals surface area contributed by atoms with Crippen LogP contribution in [0.15, 0.2) is 22.7 Å². The van der Waals surface area contributed by atoms with Crippen LogP contribution in [0.1, 0.15) is 53.4 Å². The molecule has 0 bridgehead atoms. The highest BCUT2D eigenvalue weighted by Crippen LogP contribution is 2.35. The average Bonchev–Trinajstić information content (AvgIpc) is 2.42. The topological polar surface area (TPSA) is 118 Å². The summed E-state index contributed by atoms with van der Waals surface area (Å²) in [5.74, 6) is -2.78. The van der Waals surface area contributed by atoms with E-state index in [1.54, 1.807) is 27.7 Å². The minimum atomic E-state index is -0.499. The maximum absolute atomic E-state index is 12.1. The zero-order chi connectivity index (χ0) is 20.6. The lowest BCUT2D eigenvalue weighted by Crippen LogP contribution is -2.33. The van der Waals surface area contributed by atoms with Gasteiger partial charge in [0, 0.05) is 25.7 Å². The Hall–Kier alpha value is -2.28. The monoisotopic (exact) mass is 378 g/mol. The van der Waals surface area contributed by atoms with Gasteiger partial charge < -0.3 is 14.9 Å². The maximum atomic E-state index is 12.1. The van der Waals surface area contributed by atoms with Gasteiger partial charge in [-0.1, -0.05) is 27.7 Å². The SMILES string of the molecule is CC1(C)CC(=O)C(=C(O)COCC(O)=C2C(=O)CC(C)(C)CC2=O)C(=O)C1. The highest BCUT2D eigenvalue weighted by molar-refractivity contribution is 6.23. The van der Waals surface area contributed by atoms with Crippen molar-refractivity contribution in [2.24, 2.45) is 10.8 Å². The van der Waals surface area contributed by atoms with E-state index in [2.05, 4.69) is 0 Å². The van der Waals surface area contributed by atoms with Crippen LogP contribution in [-0.2, 0) is 23.9 Å². The molecule has 0 spiro atoms. The van der Waals surface area contributed by atoms with E-state index in [0.717, 1.165) is 0 Å². The number of hydrogen-bond acceptors (Lipinski definition) is 7.